The SMILES string of the molecule is NC(=O)C1(C2CCCC2)CCC1. The Morgan fingerprint density at radius 2 is 1.75 bits per heavy atom. The van der Waals surface area contributed by atoms with E-state index in [9.17, 15) is 4.79 Å². The summed E-state index contributed by atoms with van der Waals surface area (Å²) in [5, 5.41) is 0. The lowest BCUT2D eigenvalue weighted by Crippen LogP contribution is -2.47. The number of amides is 1. The number of carbonyl (C=O) groups excluding carboxylic acids is 1. The maximum atomic E-state index is 11.3. The smallest absolute Gasteiger partial charge is 0.223 e. The van der Waals surface area contributed by atoms with Gasteiger partial charge in [0.2, 0.25) is 5.91 Å². The summed E-state index contributed by atoms with van der Waals surface area (Å²) in [7, 11) is 0. The molecule has 1 amide bonds. The molecule has 0 saturated heterocycles. The van der Waals surface area contributed by atoms with E-state index in [1.165, 1.54) is 32.1 Å². The molecular formula is C10H17NO. The van der Waals surface area contributed by atoms with Gasteiger partial charge < -0.3 is 5.73 Å². The second-order valence-electron chi connectivity index (χ2n) is 4.36. The van der Waals surface area contributed by atoms with Gasteiger partial charge in [-0.05, 0) is 31.6 Å². The maximum absolute atomic E-state index is 11.3. The summed E-state index contributed by atoms with van der Waals surface area (Å²) in [6.07, 6.45) is 8.42. The molecule has 0 unspecified atom stereocenters. The van der Waals surface area contributed by atoms with Crippen LogP contribution in [-0.2, 0) is 4.79 Å². The van der Waals surface area contributed by atoms with E-state index >= 15 is 0 Å². The monoisotopic (exact) mass is 167 g/mol. The Labute approximate surface area is 73.5 Å². The molecule has 2 aliphatic rings. The zero-order valence-electron chi connectivity index (χ0n) is 7.51. The highest BCUT2D eigenvalue weighted by Crippen LogP contribution is 2.52. The Kier molecular flexibility index (Phi) is 1.85. The van der Waals surface area contributed by atoms with Gasteiger partial charge in [0.25, 0.3) is 0 Å². The second kappa shape index (κ2) is 2.75. The Bertz CT molecular complexity index is 190. The van der Waals surface area contributed by atoms with E-state index < -0.39 is 0 Å². The molecule has 12 heavy (non-hydrogen) atoms. The van der Waals surface area contributed by atoms with Crippen LogP contribution < -0.4 is 5.73 Å². The first kappa shape index (κ1) is 8.09. The predicted octanol–water partition coefficient (Wildman–Crippen LogP) is 1.83. The van der Waals surface area contributed by atoms with E-state index in [2.05, 4.69) is 0 Å². The van der Waals surface area contributed by atoms with Gasteiger partial charge in [-0.3, -0.25) is 4.79 Å². The molecule has 0 bridgehead atoms. The third-order valence-electron chi connectivity index (χ3n) is 3.87. The molecule has 0 spiro atoms. The van der Waals surface area contributed by atoms with Crippen molar-refractivity contribution in [1.29, 1.82) is 0 Å². The third kappa shape index (κ3) is 0.970. The standard InChI is InChI=1S/C10H17NO/c11-9(12)10(6-3-7-10)8-4-1-2-5-8/h8H,1-7H2,(H2,11,12). The molecule has 0 aliphatic heterocycles. The number of nitrogens with two attached hydrogens (primary N) is 1. The summed E-state index contributed by atoms with van der Waals surface area (Å²) < 4.78 is 0. The lowest BCUT2D eigenvalue weighted by Gasteiger charge is -2.43. The molecule has 2 rings (SSSR count). The molecule has 0 aromatic carbocycles. The van der Waals surface area contributed by atoms with E-state index in [0.717, 1.165) is 12.8 Å². The topological polar surface area (TPSA) is 43.1 Å². The highest BCUT2D eigenvalue weighted by Gasteiger charge is 2.49. The van der Waals surface area contributed by atoms with E-state index in [4.69, 9.17) is 5.73 Å². The quantitative estimate of drug-likeness (QED) is 0.670. The Hall–Kier alpha value is -0.530. The summed E-state index contributed by atoms with van der Waals surface area (Å²) in [4.78, 5) is 11.3. The number of primary amides is 1. The zero-order chi connectivity index (χ0) is 8.60. The molecule has 2 fully saturated rings. The predicted molar refractivity (Wildman–Crippen MR) is 47.4 cm³/mol. The van der Waals surface area contributed by atoms with Crippen LogP contribution in [0, 0.1) is 11.3 Å². The fourth-order valence-corrected chi connectivity index (χ4v) is 2.89. The third-order valence-corrected chi connectivity index (χ3v) is 3.87. The highest BCUT2D eigenvalue weighted by atomic mass is 16.1. The minimum absolute atomic E-state index is 0.0272. The minimum atomic E-state index is -0.0590. The largest absolute Gasteiger partial charge is 0.369 e. The molecule has 2 aliphatic carbocycles. The van der Waals surface area contributed by atoms with Crippen LogP contribution in [0.4, 0.5) is 0 Å². The van der Waals surface area contributed by atoms with Gasteiger partial charge in [0.05, 0.1) is 5.41 Å². The van der Waals surface area contributed by atoms with Gasteiger partial charge in [0, 0.05) is 0 Å². The molecule has 0 atom stereocenters. The van der Waals surface area contributed by atoms with Crippen molar-refractivity contribution < 1.29 is 4.79 Å². The highest BCUT2D eigenvalue weighted by molar-refractivity contribution is 5.82. The van der Waals surface area contributed by atoms with Crippen molar-refractivity contribution in [1.82, 2.24) is 0 Å². The second-order valence-corrected chi connectivity index (χ2v) is 4.36. The van der Waals surface area contributed by atoms with Crippen molar-refractivity contribution in [3.63, 3.8) is 0 Å². The van der Waals surface area contributed by atoms with Crippen LogP contribution in [-0.4, -0.2) is 5.91 Å². The van der Waals surface area contributed by atoms with Gasteiger partial charge in [0.1, 0.15) is 0 Å². The van der Waals surface area contributed by atoms with Crippen LogP contribution in [0.5, 0.6) is 0 Å². The molecular weight excluding hydrogens is 150 g/mol. The molecule has 0 heterocycles. The summed E-state index contributed by atoms with van der Waals surface area (Å²) in [5.74, 6) is 0.601. The average molecular weight is 167 g/mol. The molecule has 0 aromatic heterocycles. The van der Waals surface area contributed by atoms with Crippen LogP contribution in [0.1, 0.15) is 44.9 Å². The molecule has 2 saturated carbocycles. The lowest BCUT2D eigenvalue weighted by molar-refractivity contribution is -0.137. The fraction of sp³-hybridized carbons (Fsp3) is 0.900. The van der Waals surface area contributed by atoms with Crippen LogP contribution in [0.25, 0.3) is 0 Å². The molecule has 2 heteroatoms. The van der Waals surface area contributed by atoms with E-state index in [1.807, 2.05) is 0 Å². The van der Waals surface area contributed by atoms with E-state index in [1.54, 1.807) is 0 Å². The average Bonchev–Trinajstić information content (AvgIpc) is 2.35. The normalized spacial score (nSPS) is 28.3. The number of carbonyl (C=O) groups is 1. The van der Waals surface area contributed by atoms with Crippen LogP contribution in [0.15, 0.2) is 0 Å². The Balaban J connectivity index is 2.10. The number of hydrogen-bond donors (Lipinski definition) is 1. The van der Waals surface area contributed by atoms with Gasteiger partial charge in [0.15, 0.2) is 0 Å². The molecule has 68 valence electrons. The summed E-state index contributed by atoms with van der Waals surface area (Å²) in [6.45, 7) is 0. The van der Waals surface area contributed by atoms with Crippen molar-refractivity contribution >= 4 is 5.91 Å². The first-order valence-corrected chi connectivity index (χ1v) is 5.06. The van der Waals surface area contributed by atoms with Crippen LogP contribution >= 0.6 is 0 Å². The van der Waals surface area contributed by atoms with Crippen molar-refractivity contribution in [2.24, 2.45) is 17.1 Å². The zero-order valence-corrected chi connectivity index (χ0v) is 7.51. The van der Waals surface area contributed by atoms with Crippen molar-refractivity contribution in [2.75, 3.05) is 0 Å². The number of hydrogen-bond acceptors (Lipinski definition) is 1. The minimum Gasteiger partial charge on any atom is -0.369 e. The van der Waals surface area contributed by atoms with Crippen molar-refractivity contribution in [3.8, 4) is 0 Å². The summed E-state index contributed by atoms with van der Waals surface area (Å²) >= 11 is 0. The van der Waals surface area contributed by atoms with Gasteiger partial charge in [-0.2, -0.15) is 0 Å². The van der Waals surface area contributed by atoms with Crippen LogP contribution in [0.2, 0.25) is 0 Å². The number of rotatable bonds is 2. The lowest BCUT2D eigenvalue weighted by atomic mass is 9.60. The van der Waals surface area contributed by atoms with Gasteiger partial charge >= 0.3 is 0 Å². The van der Waals surface area contributed by atoms with Gasteiger partial charge in [-0.25, -0.2) is 0 Å². The first-order valence-electron chi connectivity index (χ1n) is 5.06. The van der Waals surface area contributed by atoms with Crippen LogP contribution in [0.3, 0.4) is 0 Å². The van der Waals surface area contributed by atoms with Gasteiger partial charge in [-0.15, -0.1) is 0 Å². The van der Waals surface area contributed by atoms with E-state index in [-0.39, 0.29) is 11.3 Å². The summed E-state index contributed by atoms with van der Waals surface area (Å²) in [5.41, 5.74) is 5.41. The Morgan fingerprint density at radius 3 is 2.08 bits per heavy atom. The molecule has 0 radical (unpaired) electrons. The van der Waals surface area contributed by atoms with Crippen molar-refractivity contribution in [3.05, 3.63) is 0 Å². The van der Waals surface area contributed by atoms with E-state index in [0.29, 0.717) is 5.92 Å². The molecule has 2 N–H and O–H groups in total. The molecule has 0 aromatic rings. The maximum Gasteiger partial charge on any atom is 0.223 e. The van der Waals surface area contributed by atoms with Crippen molar-refractivity contribution in [2.45, 2.75) is 44.9 Å². The summed E-state index contributed by atoms with van der Waals surface area (Å²) in [6, 6.07) is 0. The fourth-order valence-electron chi connectivity index (χ4n) is 2.89. The Morgan fingerprint density at radius 1 is 1.17 bits per heavy atom. The van der Waals surface area contributed by atoms with Gasteiger partial charge in [-0.1, -0.05) is 19.3 Å². The first-order chi connectivity index (χ1) is 5.76. The molecule has 2 nitrogen and oxygen atoms in total.